The topological polar surface area (TPSA) is 32.3 Å². The molecular weight excluding hydrogens is 269 g/mol. The molecule has 0 aliphatic rings. The van der Waals surface area contributed by atoms with E-state index in [1.165, 1.54) is 17.0 Å². The van der Waals surface area contributed by atoms with Crippen molar-refractivity contribution in [2.45, 2.75) is 25.6 Å². The lowest BCUT2D eigenvalue weighted by molar-refractivity contribution is -0.137. The van der Waals surface area contributed by atoms with Gasteiger partial charge in [-0.2, -0.15) is 13.2 Å². The van der Waals surface area contributed by atoms with E-state index in [1.807, 2.05) is 0 Å². The monoisotopic (exact) mass is 288 g/mol. The molecule has 0 radical (unpaired) electrons. The first kappa shape index (κ1) is 16.5. The van der Waals surface area contributed by atoms with Gasteiger partial charge in [-0.15, -0.1) is 0 Å². The number of benzene rings is 1. The molecule has 20 heavy (non-hydrogen) atoms. The van der Waals surface area contributed by atoms with Crippen molar-refractivity contribution in [3.63, 3.8) is 0 Å². The smallest absolute Gasteiger partial charge is 0.349 e. The van der Waals surface area contributed by atoms with E-state index < -0.39 is 11.7 Å². The molecule has 1 rings (SSSR count). The predicted molar refractivity (Wildman–Crippen MR) is 71.1 cm³/mol. The maximum atomic E-state index is 12.4. The summed E-state index contributed by atoms with van der Waals surface area (Å²) < 4.78 is 37.1. The Labute approximate surface area is 116 Å². The van der Waals surface area contributed by atoms with Crippen molar-refractivity contribution in [3.05, 3.63) is 35.4 Å². The van der Waals surface area contributed by atoms with Crippen LogP contribution in [0.3, 0.4) is 0 Å². The number of nitrogens with zero attached hydrogens (tertiary/aromatic N) is 1. The minimum Gasteiger partial charge on any atom is -0.349 e. The van der Waals surface area contributed by atoms with Crippen LogP contribution in [-0.4, -0.2) is 31.4 Å². The third-order valence-electron chi connectivity index (χ3n) is 2.85. The fraction of sp³-hybridized carbons (Fsp3) is 0.500. The highest BCUT2D eigenvalue weighted by molar-refractivity contribution is 5.75. The first-order valence-corrected chi connectivity index (χ1v) is 6.37. The Morgan fingerprint density at radius 2 is 1.80 bits per heavy atom. The summed E-state index contributed by atoms with van der Waals surface area (Å²) in [5.74, 6) is 0.0707. The molecule has 1 aromatic rings. The van der Waals surface area contributed by atoms with E-state index in [0.29, 0.717) is 25.9 Å². The minimum absolute atomic E-state index is 0.0707. The van der Waals surface area contributed by atoms with Crippen LogP contribution in [0.4, 0.5) is 13.2 Å². The van der Waals surface area contributed by atoms with Gasteiger partial charge in [0.05, 0.1) is 5.56 Å². The molecule has 6 heteroatoms. The highest BCUT2D eigenvalue weighted by Gasteiger charge is 2.29. The zero-order valence-electron chi connectivity index (χ0n) is 11.6. The van der Waals surface area contributed by atoms with Gasteiger partial charge < -0.3 is 10.2 Å². The Hall–Kier alpha value is -1.56. The number of alkyl halides is 3. The van der Waals surface area contributed by atoms with Crippen molar-refractivity contribution in [1.29, 1.82) is 0 Å². The van der Waals surface area contributed by atoms with E-state index in [1.54, 1.807) is 14.1 Å². The number of amides is 1. The second-order valence-corrected chi connectivity index (χ2v) is 4.76. The Morgan fingerprint density at radius 1 is 1.20 bits per heavy atom. The molecule has 1 N–H and O–H groups in total. The van der Waals surface area contributed by atoms with Crippen LogP contribution in [0.1, 0.15) is 24.0 Å². The molecule has 0 aliphatic carbocycles. The Balaban J connectivity index is 2.28. The van der Waals surface area contributed by atoms with Crippen LogP contribution in [0, 0.1) is 0 Å². The molecule has 0 aliphatic heterocycles. The van der Waals surface area contributed by atoms with Crippen molar-refractivity contribution in [2.24, 2.45) is 0 Å². The molecule has 3 nitrogen and oxygen atoms in total. The van der Waals surface area contributed by atoms with Crippen molar-refractivity contribution in [3.8, 4) is 0 Å². The van der Waals surface area contributed by atoms with E-state index in [9.17, 15) is 18.0 Å². The van der Waals surface area contributed by atoms with Crippen LogP contribution in [0.2, 0.25) is 0 Å². The summed E-state index contributed by atoms with van der Waals surface area (Å²) in [5, 5.41) is 3.10. The van der Waals surface area contributed by atoms with Gasteiger partial charge in [-0.1, -0.05) is 12.1 Å². The summed E-state index contributed by atoms with van der Waals surface area (Å²) in [6, 6.07) is 5.07. The molecule has 0 atom stereocenters. The molecule has 0 fully saturated rings. The van der Waals surface area contributed by atoms with E-state index in [4.69, 9.17) is 0 Å². The SMILES string of the molecule is CN(C)C(=O)CCCNCc1ccc(C(F)(F)F)cc1. The lowest BCUT2D eigenvalue weighted by Gasteiger charge is -2.10. The maximum absolute atomic E-state index is 12.4. The predicted octanol–water partition coefficient (Wildman–Crippen LogP) is 2.66. The maximum Gasteiger partial charge on any atom is 0.416 e. The first-order valence-electron chi connectivity index (χ1n) is 6.37. The molecule has 1 amide bonds. The van der Waals surface area contributed by atoms with Gasteiger partial charge in [0.1, 0.15) is 0 Å². The van der Waals surface area contributed by atoms with Gasteiger partial charge in [0.2, 0.25) is 5.91 Å². The second-order valence-electron chi connectivity index (χ2n) is 4.76. The molecule has 0 saturated heterocycles. The highest BCUT2D eigenvalue weighted by atomic mass is 19.4. The molecule has 0 aromatic heterocycles. The summed E-state index contributed by atoms with van der Waals surface area (Å²) >= 11 is 0. The Kier molecular flexibility index (Phi) is 6.01. The average Bonchev–Trinajstić information content (AvgIpc) is 2.37. The summed E-state index contributed by atoms with van der Waals surface area (Å²) in [7, 11) is 3.41. The minimum atomic E-state index is -4.29. The summed E-state index contributed by atoms with van der Waals surface area (Å²) in [4.78, 5) is 12.8. The van der Waals surface area contributed by atoms with Crippen molar-refractivity contribution in [1.82, 2.24) is 10.2 Å². The number of hydrogen-bond donors (Lipinski definition) is 1. The van der Waals surface area contributed by atoms with Crippen LogP contribution in [0.5, 0.6) is 0 Å². The number of carbonyl (C=O) groups is 1. The van der Waals surface area contributed by atoms with Gasteiger partial charge >= 0.3 is 6.18 Å². The van der Waals surface area contributed by atoms with Crippen LogP contribution >= 0.6 is 0 Å². The lowest BCUT2D eigenvalue weighted by Crippen LogP contribution is -2.23. The van der Waals surface area contributed by atoms with Gasteiger partial charge in [0.25, 0.3) is 0 Å². The van der Waals surface area contributed by atoms with Gasteiger partial charge in [0.15, 0.2) is 0 Å². The number of rotatable bonds is 6. The van der Waals surface area contributed by atoms with Crippen molar-refractivity contribution >= 4 is 5.91 Å². The third kappa shape index (κ3) is 5.61. The van der Waals surface area contributed by atoms with Gasteiger partial charge in [-0.05, 0) is 30.7 Å². The molecule has 112 valence electrons. The number of hydrogen-bond acceptors (Lipinski definition) is 2. The number of halogens is 3. The third-order valence-corrected chi connectivity index (χ3v) is 2.85. The highest BCUT2D eigenvalue weighted by Crippen LogP contribution is 2.28. The Bertz CT molecular complexity index is 427. The largest absolute Gasteiger partial charge is 0.416 e. The lowest BCUT2D eigenvalue weighted by atomic mass is 10.1. The van der Waals surface area contributed by atoms with Crippen molar-refractivity contribution in [2.75, 3.05) is 20.6 Å². The first-order chi connectivity index (χ1) is 9.30. The number of nitrogens with one attached hydrogen (secondary N) is 1. The molecule has 1 aromatic carbocycles. The van der Waals surface area contributed by atoms with E-state index in [0.717, 1.165) is 17.7 Å². The fourth-order valence-electron chi connectivity index (χ4n) is 1.63. The summed E-state index contributed by atoms with van der Waals surface area (Å²) in [5.41, 5.74) is 0.148. The van der Waals surface area contributed by atoms with Crippen molar-refractivity contribution < 1.29 is 18.0 Å². The van der Waals surface area contributed by atoms with Crippen LogP contribution in [-0.2, 0) is 17.5 Å². The number of carbonyl (C=O) groups excluding carboxylic acids is 1. The van der Waals surface area contributed by atoms with Gasteiger partial charge in [-0.25, -0.2) is 0 Å². The molecule has 0 heterocycles. The average molecular weight is 288 g/mol. The molecule has 0 spiro atoms. The van der Waals surface area contributed by atoms with Crippen LogP contribution in [0.25, 0.3) is 0 Å². The molecule has 0 unspecified atom stereocenters. The van der Waals surface area contributed by atoms with Gasteiger partial charge in [0, 0.05) is 27.1 Å². The fourth-order valence-corrected chi connectivity index (χ4v) is 1.63. The zero-order valence-corrected chi connectivity index (χ0v) is 11.6. The molecular formula is C14H19F3N2O. The van der Waals surface area contributed by atoms with Gasteiger partial charge in [-0.3, -0.25) is 4.79 Å². The second kappa shape index (κ2) is 7.28. The summed E-state index contributed by atoms with van der Waals surface area (Å²) in [6.45, 7) is 1.15. The normalized spacial score (nSPS) is 11.4. The van der Waals surface area contributed by atoms with E-state index >= 15 is 0 Å². The molecule has 0 bridgehead atoms. The summed E-state index contributed by atoms with van der Waals surface area (Å²) in [6.07, 6.45) is -3.12. The Morgan fingerprint density at radius 3 is 2.30 bits per heavy atom. The van der Waals surface area contributed by atoms with E-state index in [2.05, 4.69) is 5.32 Å². The zero-order chi connectivity index (χ0) is 15.2. The quantitative estimate of drug-likeness (QED) is 0.816. The molecule has 0 saturated carbocycles. The standard InChI is InChI=1S/C14H19F3N2O/c1-19(2)13(20)4-3-9-18-10-11-5-7-12(8-6-11)14(15,16)17/h5-8,18H,3-4,9-10H2,1-2H3. The van der Waals surface area contributed by atoms with E-state index in [-0.39, 0.29) is 5.91 Å². The van der Waals surface area contributed by atoms with Crippen LogP contribution < -0.4 is 5.32 Å². The van der Waals surface area contributed by atoms with Crippen LogP contribution in [0.15, 0.2) is 24.3 Å².